The van der Waals surface area contributed by atoms with Gasteiger partial charge in [0.05, 0.1) is 0 Å². The summed E-state index contributed by atoms with van der Waals surface area (Å²) in [6.45, 7) is 7.40. The molecular weight excluding hydrogens is 532 g/mol. The fourth-order valence-electron chi connectivity index (χ4n) is 7.26. The van der Waals surface area contributed by atoms with Gasteiger partial charge < -0.3 is 19.9 Å². The zero-order valence-corrected chi connectivity index (χ0v) is 25.2. The average Bonchev–Trinajstić information content (AvgIpc) is 3.23. The maximum absolute atomic E-state index is 14.0. The van der Waals surface area contributed by atoms with Gasteiger partial charge in [0.15, 0.2) is 0 Å². The normalized spacial score (nSPS) is 22.7. The van der Waals surface area contributed by atoms with Crippen molar-refractivity contribution in [2.45, 2.75) is 108 Å². The molecule has 0 saturated heterocycles. The molecule has 1 atom stereocenters. The molecule has 2 fully saturated rings. The Morgan fingerprint density at radius 2 is 1.55 bits per heavy atom. The molecule has 2 N–H and O–H groups in total. The predicted octanol–water partition coefficient (Wildman–Crippen LogP) is 7.11. The number of hydrogen-bond acceptors (Lipinski definition) is 5. The molecule has 0 heterocycles. The Morgan fingerprint density at radius 3 is 2.10 bits per heavy atom. The second kappa shape index (κ2) is 12.0. The molecule has 2 amide bonds. The number of fused-ring (bicyclic) bond motifs is 3. The second-order valence-corrected chi connectivity index (χ2v) is 13.4. The highest BCUT2D eigenvalue weighted by Crippen LogP contribution is 2.46. The third kappa shape index (κ3) is 6.13. The van der Waals surface area contributed by atoms with Crippen LogP contribution in [0.5, 0.6) is 0 Å². The minimum atomic E-state index is -1.46. The summed E-state index contributed by atoms with van der Waals surface area (Å²) in [7, 11) is 0. The van der Waals surface area contributed by atoms with Gasteiger partial charge in [-0.3, -0.25) is 4.90 Å². The number of amides is 2. The Balaban J connectivity index is 1.35. The monoisotopic (exact) mass is 576 g/mol. The number of nitrogens with zero attached hydrogens (tertiary/aromatic N) is 1. The Bertz CT molecular complexity index is 1260. The largest absolute Gasteiger partial charge is 0.479 e. The number of nitrogens with one attached hydrogen (secondary N) is 1. The summed E-state index contributed by atoms with van der Waals surface area (Å²) in [5.74, 6) is -0.756. The number of carbonyl (C=O) groups is 3. The number of hydrogen-bond donors (Lipinski definition) is 2. The number of rotatable bonds is 8. The van der Waals surface area contributed by atoms with Gasteiger partial charge in [-0.15, -0.1) is 0 Å². The molecule has 3 aliphatic carbocycles. The van der Waals surface area contributed by atoms with Crippen LogP contribution >= 0.6 is 0 Å². The second-order valence-electron chi connectivity index (χ2n) is 13.4. The van der Waals surface area contributed by atoms with Crippen LogP contribution in [0.25, 0.3) is 11.1 Å². The van der Waals surface area contributed by atoms with E-state index in [1.165, 1.54) is 11.3 Å². The topological polar surface area (TPSA) is 105 Å². The third-order valence-corrected chi connectivity index (χ3v) is 9.12. The summed E-state index contributed by atoms with van der Waals surface area (Å²) in [5.41, 5.74) is 2.34. The van der Waals surface area contributed by atoms with Crippen LogP contribution in [-0.4, -0.2) is 58.0 Å². The Morgan fingerprint density at radius 1 is 0.976 bits per heavy atom. The highest BCUT2D eigenvalue weighted by atomic mass is 16.6. The first-order chi connectivity index (χ1) is 20.0. The quantitative estimate of drug-likeness (QED) is 0.347. The molecule has 0 radical (unpaired) electrons. The standard InChI is InChI=1S/C34H44N2O6/c1-22(18-23-12-6-5-7-13-23)36(34(30(37)38)19-24(20-34)35-31(39)42-33(2,3)4)32(40)41-21-29-27-16-10-8-14-25(27)26-15-9-11-17-28(26)29/h8-11,14-17,22-24,29H,5-7,12-13,18-21H2,1-4H3,(H,35,39)(H,37,38)/t22-,24?,34?/m1/s1. The number of carboxylic acids is 1. The van der Waals surface area contributed by atoms with Crippen molar-refractivity contribution in [3.63, 3.8) is 0 Å². The zero-order valence-electron chi connectivity index (χ0n) is 25.2. The van der Waals surface area contributed by atoms with Crippen LogP contribution in [-0.2, 0) is 14.3 Å². The molecule has 0 spiro atoms. The van der Waals surface area contributed by atoms with Crippen LogP contribution < -0.4 is 5.32 Å². The van der Waals surface area contributed by atoms with E-state index in [1.54, 1.807) is 20.8 Å². The summed E-state index contributed by atoms with van der Waals surface area (Å²) < 4.78 is 11.4. The SMILES string of the molecule is C[C@H](CC1CCCCC1)N(C(=O)OCC1c2ccccc2-c2ccccc21)C1(C(=O)O)CC(NC(=O)OC(C)(C)C)C1. The summed E-state index contributed by atoms with van der Waals surface area (Å²) in [4.78, 5) is 40.8. The highest BCUT2D eigenvalue weighted by molar-refractivity contribution is 5.87. The predicted molar refractivity (Wildman–Crippen MR) is 160 cm³/mol. The molecule has 5 rings (SSSR count). The van der Waals surface area contributed by atoms with Crippen molar-refractivity contribution in [1.82, 2.24) is 10.2 Å². The number of benzene rings is 2. The lowest BCUT2D eigenvalue weighted by molar-refractivity contribution is -0.161. The molecule has 0 unspecified atom stereocenters. The lowest BCUT2D eigenvalue weighted by Gasteiger charge is -2.52. The van der Waals surface area contributed by atoms with Gasteiger partial charge in [-0.2, -0.15) is 0 Å². The molecule has 8 nitrogen and oxygen atoms in total. The summed E-state index contributed by atoms with van der Waals surface area (Å²) in [6, 6.07) is 15.5. The van der Waals surface area contributed by atoms with Crippen molar-refractivity contribution in [3.8, 4) is 11.1 Å². The van der Waals surface area contributed by atoms with Crippen LogP contribution in [0.2, 0.25) is 0 Å². The van der Waals surface area contributed by atoms with Gasteiger partial charge in [0.2, 0.25) is 0 Å². The van der Waals surface area contributed by atoms with E-state index in [1.807, 2.05) is 31.2 Å². The van der Waals surface area contributed by atoms with Crippen LogP contribution in [0.1, 0.15) is 96.1 Å². The smallest absolute Gasteiger partial charge is 0.411 e. The van der Waals surface area contributed by atoms with E-state index in [9.17, 15) is 19.5 Å². The minimum Gasteiger partial charge on any atom is -0.479 e. The third-order valence-electron chi connectivity index (χ3n) is 9.12. The summed E-state index contributed by atoms with van der Waals surface area (Å²) in [5, 5.41) is 13.3. The summed E-state index contributed by atoms with van der Waals surface area (Å²) >= 11 is 0. The molecule has 8 heteroatoms. The maximum atomic E-state index is 14.0. The van der Waals surface area contributed by atoms with E-state index < -0.39 is 35.3 Å². The van der Waals surface area contributed by atoms with Crippen molar-refractivity contribution in [2.75, 3.05) is 6.61 Å². The number of aliphatic carboxylic acids is 1. The molecule has 0 aliphatic heterocycles. The van der Waals surface area contributed by atoms with Gasteiger partial charge in [-0.1, -0.05) is 80.6 Å². The molecule has 2 saturated carbocycles. The lowest BCUT2D eigenvalue weighted by Crippen LogP contribution is -2.70. The zero-order chi connectivity index (χ0) is 30.1. The van der Waals surface area contributed by atoms with Crippen LogP contribution in [0.4, 0.5) is 9.59 Å². The van der Waals surface area contributed by atoms with Crippen LogP contribution in [0.15, 0.2) is 48.5 Å². The van der Waals surface area contributed by atoms with Crippen LogP contribution in [0, 0.1) is 5.92 Å². The number of carbonyl (C=O) groups excluding carboxylic acids is 2. The van der Waals surface area contributed by atoms with E-state index in [0.717, 1.165) is 54.4 Å². The van der Waals surface area contributed by atoms with E-state index in [0.29, 0.717) is 5.92 Å². The van der Waals surface area contributed by atoms with Crippen molar-refractivity contribution in [3.05, 3.63) is 59.7 Å². The number of ether oxygens (including phenoxy) is 2. The fourth-order valence-corrected chi connectivity index (χ4v) is 7.26. The Kier molecular flexibility index (Phi) is 8.53. The van der Waals surface area contributed by atoms with E-state index in [2.05, 4.69) is 29.6 Å². The van der Waals surface area contributed by atoms with Gasteiger partial charge in [-0.05, 0) is 62.3 Å². The average molecular weight is 577 g/mol. The number of carboxylic acid groups (broad SMARTS) is 1. The van der Waals surface area contributed by atoms with Crippen molar-refractivity contribution >= 4 is 18.2 Å². The molecule has 0 bridgehead atoms. The van der Waals surface area contributed by atoms with Crippen molar-refractivity contribution in [1.29, 1.82) is 0 Å². The van der Waals surface area contributed by atoms with Crippen molar-refractivity contribution in [2.24, 2.45) is 5.92 Å². The van der Waals surface area contributed by atoms with Gasteiger partial charge in [0, 0.05) is 30.8 Å². The Hall–Kier alpha value is -3.55. The highest BCUT2D eigenvalue weighted by Gasteiger charge is 2.59. The molecule has 226 valence electrons. The molecule has 42 heavy (non-hydrogen) atoms. The maximum Gasteiger partial charge on any atom is 0.411 e. The first-order valence-corrected chi connectivity index (χ1v) is 15.4. The van der Waals surface area contributed by atoms with Gasteiger partial charge in [0.1, 0.15) is 17.7 Å². The van der Waals surface area contributed by atoms with E-state index in [4.69, 9.17) is 9.47 Å². The van der Waals surface area contributed by atoms with Crippen molar-refractivity contribution < 1.29 is 29.0 Å². The van der Waals surface area contributed by atoms with Gasteiger partial charge in [0.25, 0.3) is 0 Å². The first kappa shape index (κ1) is 29.9. The molecular formula is C34H44N2O6. The number of alkyl carbamates (subject to hydrolysis) is 1. The fraction of sp³-hybridized carbons (Fsp3) is 0.559. The van der Waals surface area contributed by atoms with Crippen LogP contribution in [0.3, 0.4) is 0 Å². The van der Waals surface area contributed by atoms with E-state index in [-0.39, 0.29) is 31.4 Å². The molecule has 0 aromatic heterocycles. The lowest BCUT2D eigenvalue weighted by atomic mass is 9.70. The molecule has 2 aromatic carbocycles. The Labute approximate surface area is 248 Å². The van der Waals surface area contributed by atoms with E-state index >= 15 is 0 Å². The van der Waals surface area contributed by atoms with Gasteiger partial charge in [-0.25, -0.2) is 14.4 Å². The van der Waals surface area contributed by atoms with Gasteiger partial charge >= 0.3 is 18.2 Å². The minimum absolute atomic E-state index is 0.0980. The molecule has 3 aliphatic rings. The molecule has 2 aromatic rings. The first-order valence-electron chi connectivity index (χ1n) is 15.4. The summed E-state index contributed by atoms with van der Waals surface area (Å²) in [6.07, 6.45) is 5.44.